The Morgan fingerprint density at radius 3 is 2.39 bits per heavy atom. The Morgan fingerprint density at radius 1 is 0.935 bits per heavy atom. The first kappa shape index (κ1) is 20.7. The second kappa shape index (κ2) is 8.39. The molecule has 0 aromatic heterocycles. The van der Waals surface area contributed by atoms with Crippen LogP contribution < -0.4 is 9.80 Å². The van der Waals surface area contributed by atoms with Gasteiger partial charge in [-0.1, -0.05) is 60.2 Å². The average Bonchev–Trinajstić information content (AvgIpc) is 3.22. The molecule has 158 valence electrons. The number of benzene rings is 2. The van der Waals surface area contributed by atoms with Crippen LogP contribution in [0.5, 0.6) is 0 Å². The number of hydrogen-bond acceptors (Lipinski definition) is 5. The summed E-state index contributed by atoms with van der Waals surface area (Å²) >= 11 is 12.7. The van der Waals surface area contributed by atoms with Crippen LogP contribution in [0.3, 0.4) is 0 Å². The molecule has 3 aliphatic heterocycles. The molecule has 31 heavy (non-hydrogen) atoms. The van der Waals surface area contributed by atoms with Gasteiger partial charge < -0.3 is 0 Å². The minimum Gasteiger partial charge on any atom is -0.294 e. The summed E-state index contributed by atoms with van der Waals surface area (Å²) in [6.45, 7) is 2.51. The number of carbonyl (C=O) groups excluding carboxylic acids is 2. The summed E-state index contributed by atoms with van der Waals surface area (Å²) in [5, 5.41) is 0.584. The number of thiocarbonyl (C=S) groups is 1. The van der Waals surface area contributed by atoms with Crippen molar-refractivity contribution in [3.63, 3.8) is 0 Å². The van der Waals surface area contributed by atoms with Crippen LogP contribution in [-0.2, 0) is 9.59 Å². The molecule has 0 unspecified atom stereocenters. The SMILES string of the molecule is O=C1C(=C2SC(=S)N(c3ccc(Cl)cc3)C2=O)c2ccccc2N1CN1CCCCC1. The Bertz CT molecular complexity index is 1110. The number of fused-ring (bicyclic) bond motifs is 1. The van der Waals surface area contributed by atoms with E-state index in [9.17, 15) is 9.59 Å². The molecule has 2 fully saturated rings. The van der Waals surface area contributed by atoms with Crippen molar-refractivity contribution in [2.45, 2.75) is 19.3 Å². The fraction of sp³-hybridized carbons (Fsp3) is 0.261. The number of carbonyl (C=O) groups is 2. The van der Waals surface area contributed by atoms with Gasteiger partial charge in [0.05, 0.1) is 28.5 Å². The van der Waals surface area contributed by atoms with Crippen molar-refractivity contribution in [1.82, 2.24) is 4.90 Å². The predicted molar refractivity (Wildman–Crippen MR) is 130 cm³/mol. The van der Waals surface area contributed by atoms with Gasteiger partial charge in [0.15, 0.2) is 4.32 Å². The molecule has 5 nitrogen and oxygen atoms in total. The fourth-order valence-corrected chi connectivity index (χ4v) is 5.77. The molecule has 2 amide bonds. The van der Waals surface area contributed by atoms with E-state index in [0.29, 0.717) is 32.2 Å². The number of piperidine rings is 1. The van der Waals surface area contributed by atoms with Crippen molar-refractivity contribution in [2.75, 3.05) is 29.6 Å². The zero-order valence-corrected chi connectivity index (χ0v) is 19.1. The minimum absolute atomic E-state index is 0.136. The number of para-hydroxylation sites is 1. The molecule has 2 saturated heterocycles. The molecule has 3 aliphatic rings. The van der Waals surface area contributed by atoms with Crippen LogP contribution >= 0.6 is 35.6 Å². The lowest BCUT2D eigenvalue weighted by Gasteiger charge is -2.30. The van der Waals surface area contributed by atoms with Crippen LogP contribution in [0.2, 0.25) is 5.02 Å². The summed E-state index contributed by atoms with van der Waals surface area (Å²) in [4.78, 5) is 32.9. The van der Waals surface area contributed by atoms with E-state index in [2.05, 4.69) is 4.90 Å². The average molecular weight is 470 g/mol. The van der Waals surface area contributed by atoms with Crippen molar-refractivity contribution in [3.8, 4) is 0 Å². The largest absolute Gasteiger partial charge is 0.294 e. The third kappa shape index (κ3) is 3.69. The Labute approximate surface area is 195 Å². The van der Waals surface area contributed by atoms with E-state index in [-0.39, 0.29) is 11.8 Å². The van der Waals surface area contributed by atoms with Crippen LogP contribution in [0.4, 0.5) is 11.4 Å². The van der Waals surface area contributed by atoms with E-state index in [4.69, 9.17) is 23.8 Å². The molecule has 0 spiro atoms. The van der Waals surface area contributed by atoms with Crippen LogP contribution in [0.1, 0.15) is 24.8 Å². The monoisotopic (exact) mass is 469 g/mol. The number of thioether (sulfide) groups is 1. The number of hydrogen-bond donors (Lipinski definition) is 0. The highest BCUT2D eigenvalue weighted by Gasteiger charge is 2.42. The molecule has 8 heteroatoms. The van der Waals surface area contributed by atoms with Crippen molar-refractivity contribution in [3.05, 3.63) is 64.0 Å². The van der Waals surface area contributed by atoms with Gasteiger partial charge in [0.2, 0.25) is 0 Å². The van der Waals surface area contributed by atoms with Gasteiger partial charge in [-0.25, -0.2) is 0 Å². The van der Waals surface area contributed by atoms with Gasteiger partial charge in [-0.05, 0) is 56.3 Å². The van der Waals surface area contributed by atoms with Gasteiger partial charge >= 0.3 is 0 Å². The number of rotatable bonds is 3. The molecule has 0 bridgehead atoms. The highest BCUT2D eigenvalue weighted by molar-refractivity contribution is 8.27. The number of nitrogens with zero attached hydrogens (tertiary/aromatic N) is 3. The zero-order chi connectivity index (χ0) is 21.5. The second-order valence-electron chi connectivity index (χ2n) is 7.76. The lowest BCUT2D eigenvalue weighted by Crippen LogP contribution is -2.42. The smallest absolute Gasteiger partial charge is 0.271 e. The van der Waals surface area contributed by atoms with Crippen LogP contribution in [0.25, 0.3) is 5.57 Å². The Kier molecular flexibility index (Phi) is 5.60. The first-order chi connectivity index (χ1) is 15.0. The highest BCUT2D eigenvalue weighted by Crippen LogP contribution is 2.45. The third-order valence-corrected chi connectivity index (χ3v) is 7.42. The van der Waals surface area contributed by atoms with Gasteiger partial charge in [-0.3, -0.25) is 24.3 Å². The second-order valence-corrected chi connectivity index (χ2v) is 9.84. The van der Waals surface area contributed by atoms with Gasteiger partial charge in [0, 0.05) is 10.6 Å². The topological polar surface area (TPSA) is 43.9 Å². The van der Waals surface area contributed by atoms with Crippen LogP contribution in [0, 0.1) is 0 Å². The van der Waals surface area contributed by atoms with E-state index in [1.54, 1.807) is 29.2 Å². The van der Waals surface area contributed by atoms with Crippen molar-refractivity contribution in [1.29, 1.82) is 0 Å². The lowest BCUT2D eigenvalue weighted by atomic mass is 10.1. The fourth-order valence-electron chi connectivity index (χ4n) is 4.27. The van der Waals surface area contributed by atoms with E-state index >= 15 is 0 Å². The number of likely N-dealkylation sites (tertiary alicyclic amines) is 1. The number of amides is 2. The van der Waals surface area contributed by atoms with Crippen LogP contribution in [0.15, 0.2) is 53.4 Å². The molecule has 0 N–H and O–H groups in total. The van der Waals surface area contributed by atoms with E-state index in [1.165, 1.54) is 23.1 Å². The molecule has 3 heterocycles. The molecular weight excluding hydrogens is 450 g/mol. The Hall–Kier alpha value is -2.19. The van der Waals surface area contributed by atoms with Crippen molar-refractivity contribution < 1.29 is 9.59 Å². The zero-order valence-electron chi connectivity index (χ0n) is 16.7. The highest BCUT2D eigenvalue weighted by atomic mass is 35.5. The van der Waals surface area contributed by atoms with Gasteiger partial charge in [0.25, 0.3) is 11.8 Å². The molecule has 5 rings (SSSR count). The van der Waals surface area contributed by atoms with Gasteiger partial charge in [0.1, 0.15) is 0 Å². The van der Waals surface area contributed by atoms with Gasteiger partial charge in [-0.15, -0.1) is 0 Å². The maximum absolute atomic E-state index is 13.6. The normalized spacial score (nSPS) is 21.9. The Balaban J connectivity index is 1.53. The summed E-state index contributed by atoms with van der Waals surface area (Å²) < 4.78 is 0.412. The Morgan fingerprint density at radius 2 is 1.65 bits per heavy atom. The summed E-state index contributed by atoms with van der Waals surface area (Å²) in [5.74, 6) is -0.404. The van der Waals surface area contributed by atoms with E-state index < -0.39 is 0 Å². The van der Waals surface area contributed by atoms with Crippen molar-refractivity contribution >= 4 is 68.7 Å². The summed E-state index contributed by atoms with van der Waals surface area (Å²) in [6.07, 6.45) is 3.53. The minimum atomic E-state index is -0.268. The molecule has 0 atom stereocenters. The molecular formula is C23H20ClN3O2S2. The molecule has 0 saturated carbocycles. The van der Waals surface area contributed by atoms with E-state index in [0.717, 1.165) is 37.2 Å². The predicted octanol–water partition coefficient (Wildman–Crippen LogP) is 4.91. The van der Waals surface area contributed by atoms with Gasteiger partial charge in [-0.2, -0.15) is 0 Å². The molecule has 2 aromatic rings. The maximum atomic E-state index is 13.6. The van der Waals surface area contributed by atoms with Crippen LogP contribution in [-0.4, -0.2) is 40.8 Å². The maximum Gasteiger partial charge on any atom is 0.271 e. The standard InChI is InChI=1S/C23H20ClN3O2S2/c24-15-8-10-16(11-9-15)27-22(29)20(31-23(27)30)19-17-6-2-3-7-18(17)26(21(19)28)14-25-12-4-1-5-13-25/h2-3,6-11H,1,4-5,12-14H2. The van der Waals surface area contributed by atoms with E-state index in [1.807, 2.05) is 24.3 Å². The van der Waals surface area contributed by atoms with Crippen molar-refractivity contribution in [2.24, 2.45) is 0 Å². The number of halogens is 1. The first-order valence-electron chi connectivity index (χ1n) is 10.2. The third-order valence-electron chi connectivity index (χ3n) is 5.79. The summed E-state index contributed by atoms with van der Waals surface area (Å²) in [6, 6.07) is 14.6. The first-order valence-corrected chi connectivity index (χ1v) is 11.8. The quantitative estimate of drug-likeness (QED) is 0.472. The molecule has 0 aliphatic carbocycles. The molecule has 0 radical (unpaired) electrons. The molecule has 2 aromatic carbocycles. The summed E-state index contributed by atoms with van der Waals surface area (Å²) in [5.41, 5.74) is 2.73. The lowest BCUT2D eigenvalue weighted by molar-refractivity contribution is -0.115. The summed E-state index contributed by atoms with van der Waals surface area (Å²) in [7, 11) is 0. The number of anilines is 2.